The molecule has 2 heterocycles. The van der Waals surface area contributed by atoms with Gasteiger partial charge < -0.3 is 15.2 Å². The predicted molar refractivity (Wildman–Crippen MR) is 114 cm³/mol. The number of nitrogens with zero attached hydrogens (tertiary/aromatic N) is 2. The first-order chi connectivity index (χ1) is 13.0. The van der Waals surface area contributed by atoms with Gasteiger partial charge in [0.2, 0.25) is 0 Å². The van der Waals surface area contributed by atoms with Crippen molar-refractivity contribution in [2.24, 2.45) is 0 Å². The van der Waals surface area contributed by atoms with Crippen LogP contribution in [0, 0.1) is 5.21 Å². The molecule has 0 aliphatic carbocycles. The van der Waals surface area contributed by atoms with E-state index >= 15 is 0 Å². The third-order valence-electron chi connectivity index (χ3n) is 6.59. The zero-order valence-corrected chi connectivity index (χ0v) is 16.5. The molecule has 0 bridgehead atoms. The molecule has 144 valence electrons. The number of rotatable bonds is 5. The molecule has 2 aromatic rings. The number of aryl methyl sites for hydroxylation is 1. The lowest BCUT2D eigenvalue weighted by Crippen LogP contribution is -2.58. The zero-order valence-electron chi connectivity index (χ0n) is 16.5. The number of fused-ring (bicyclic) bond motifs is 1. The number of quaternary nitrogens is 1. The van der Waals surface area contributed by atoms with E-state index in [2.05, 4.69) is 54.4 Å². The molecule has 27 heavy (non-hydrogen) atoms. The Kier molecular flexibility index (Phi) is 4.97. The fraction of sp³-hybridized carbons (Fsp3) is 0.478. The van der Waals surface area contributed by atoms with Crippen LogP contribution in [-0.2, 0) is 6.42 Å². The monoisotopic (exact) mass is 365 g/mol. The van der Waals surface area contributed by atoms with E-state index in [9.17, 15) is 5.21 Å². The van der Waals surface area contributed by atoms with Gasteiger partial charge in [0.25, 0.3) is 0 Å². The molecule has 0 saturated carbocycles. The maximum atomic E-state index is 13.6. The fourth-order valence-corrected chi connectivity index (χ4v) is 4.71. The van der Waals surface area contributed by atoms with E-state index in [1.165, 1.54) is 5.56 Å². The summed E-state index contributed by atoms with van der Waals surface area (Å²) in [5.74, 6) is 0. The molecule has 0 amide bonds. The first kappa shape index (κ1) is 18.5. The lowest BCUT2D eigenvalue weighted by molar-refractivity contribution is 0.0597. The molecule has 0 radical (unpaired) electrons. The van der Waals surface area contributed by atoms with Crippen molar-refractivity contribution in [2.75, 3.05) is 25.1 Å². The van der Waals surface area contributed by atoms with E-state index < -0.39 is 0 Å². The third kappa shape index (κ3) is 3.62. The minimum atomic E-state index is -0.200. The van der Waals surface area contributed by atoms with Crippen molar-refractivity contribution < 1.29 is 0 Å². The average molecular weight is 366 g/mol. The minimum absolute atomic E-state index is 0.155. The van der Waals surface area contributed by atoms with Crippen molar-refractivity contribution in [1.82, 2.24) is 9.55 Å². The van der Waals surface area contributed by atoms with Crippen LogP contribution in [0.4, 0.5) is 11.4 Å². The number of piperidine rings is 1. The maximum Gasteiger partial charge on any atom is 0.158 e. The van der Waals surface area contributed by atoms with Crippen molar-refractivity contribution >= 4 is 11.4 Å². The van der Waals surface area contributed by atoms with E-state index in [-0.39, 0.29) is 16.2 Å². The van der Waals surface area contributed by atoms with Crippen LogP contribution in [0.1, 0.15) is 38.7 Å². The summed E-state index contributed by atoms with van der Waals surface area (Å²) in [5.41, 5.74) is 3.50. The molecule has 1 atom stereocenters. The predicted octanol–water partition coefficient (Wildman–Crippen LogP) is 4.75. The van der Waals surface area contributed by atoms with Crippen LogP contribution in [-0.4, -0.2) is 36.2 Å². The van der Waals surface area contributed by atoms with Crippen LogP contribution in [0.2, 0.25) is 0 Å². The molecule has 1 unspecified atom stereocenters. The van der Waals surface area contributed by atoms with Crippen molar-refractivity contribution in [3.8, 4) is 0 Å². The van der Waals surface area contributed by atoms with Gasteiger partial charge in [-0.25, -0.2) is 0 Å². The summed E-state index contributed by atoms with van der Waals surface area (Å²) in [5, 5.41) is 16.9. The highest BCUT2D eigenvalue weighted by atomic mass is 16.6. The zero-order chi connectivity index (χ0) is 18.9. The highest BCUT2D eigenvalue weighted by Gasteiger charge is 2.41. The van der Waals surface area contributed by atoms with E-state index in [1.54, 1.807) is 0 Å². The number of likely N-dealkylation sites (tertiary alicyclic amines) is 1. The van der Waals surface area contributed by atoms with Gasteiger partial charge in [-0.2, -0.15) is 0 Å². The van der Waals surface area contributed by atoms with Gasteiger partial charge in [-0.05, 0) is 38.3 Å². The van der Waals surface area contributed by atoms with Gasteiger partial charge in [0.15, 0.2) is 12.4 Å². The highest BCUT2D eigenvalue weighted by Crippen LogP contribution is 2.41. The second kappa shape index (κ2) is 7.27. The van der Waals surface area contributed by atoms with Crippen LogP contribution in [0.5, 0.6) is 0 Å². The summed E-state index contributed by atoms with van der Waals surface area (Å²) in [7, 11) is 0. The molecule has 4 heteroatoms. The molecular formula is C23H31N3O. The summed E-state index contributed by atoms with van der Waals surface area (Å²) in [6, 6.07) is 18.9. The van der Waals surface area contributed by atoms with Crippen molar-refractivity contribution in [3.63, 3.8) is 0 Å². The molecule has 2 aromatic carbocycles. The Bertz CT molecular complexity index is 768. The van der Waals surface area contributed by atoms with E-state index in [1.807, 2.05) is 24.3 Å². The summed E-state index contributed by atoms with van der Waals surface area (Å²) >= 11 is 0. The minimum Gasteiger partial charge on any atom is -0.626 e. The van der Waals surface area contributed by atoms with Gasteiger partial charge in [0.05, 0.1) is 6.04 Å². The summed E-state index contributed by atoms with van der Waals surface area (Å²) in [6.07, 6.45) is 4.18. The van der Waals surface area contributed by atoms with Gasteiger partial charge >= 0.3 is 0 Å². The number of benzene rings is 2. The molecule has 4 nitrogen and oxygen atoms in total. The van der Waals surface area contributed by atoms with Crippen molar-refractivity contribution in [3.05, 3.63) is 65.4 Å². The number of hydrogen-bond acceptors (Lipinski definition) is 3. The second-order valence-corrected chi connectivity index (χ2v) is 8.66. The molecule has 1 fully saturated rings. The fourth-order valence-electron chi connectivity index (χ4n) is 4.71. The number of anilines is 1. The van der Waals surface area contributed by atoms with Gasteiger partial charge in [0.1, 0.15) is 5.69 Å². The SMILES string of the molecule is CC(C)(CCc1ccccc1)N1CCC([N+]2([O-])CNc3ccccc32)CC1. The topological polar surface area (TPSA) is 38.3 Å². The first-order valence-electron chi connectivity index (χ1n) is 10.2. The number of hydroxylamine groups is 2. The van der Waals surface area contributed by atoms with Gasteiger partial charge in [0, 0.05) is 37.5 Å². The van der Waals surface area contributed by atoms with Crippen molar-refractivity contribution in [1.29, 1.82) is 0 Å². The summed E-state index contributed by atoms with van der Waals surface area (Å²) < 4.78 is -0.200. The van der Waals surface area contributed by atoms with Crippen LogP contribution < -0.4 is 9.96 Å². The smallest absolute Gasteiger partial charge is 0.158 e. The molecule has 4 rings (SSSR count). The normalized spacial score (nSPS) is 23.8. The Morgan fingerprint density at radius 2 is 1.70 bits per heavy atom. The van der Waals surface area contributed by atoms with E-state index in [0.717, 1.165) is 50.1 Å². The molecule has 1 N–H and O–H groups in total. The lowest BCUT2D eigenvalue weighted by Gasteiger charge is -2.50. The third-order valence-corrected chi connectivity index (χ3v) is 6.59. The molecule has 2 aliphatic rings. The van der Waals surface area contributed by atoms with Gasteiger partial charge in [-0.1, -0.05) is 42.5 Å². The highest BCUT2D eigenvalue weighted by molar-refractivity contribution is 5.72. The first-order valence-corrected chi connectivity index (χ1v) is 10.2. The number of para-hydroxylation sites is 2. The van der Waals surface area contributed by atoms with Crippen LogP contribution in [0.25, 0.3) is 0 Å². The van der Waals surface area contributed by atoms with Crippen LogP contribution in [0.15, 0.2) is 54.6 Å². The molecule has 2 aliphatic heterocycles. The Balaban J connectivity index is 1.37. The molecular weight excluding hydrogens is 334 g/mol. The largest absolute Gasteiger partial charge is 0.626 e. The second-order valence-electron chi connectivity index (χ2n) is 8.66. The Morgan fingerprint density at radius 1 is 1.04 bits per heavy atom. The average Bonchev–Trinajstić information content (AvgIpc) is 3.06. The maximum absolute atomic E-state index is 13.6. The Hall–Kier alpha value is -1.88. The standard InChI is InChI=1S/C23H31N3O/c1-23(2,15-12-19-8-4-3-5-9-19)25-16-13-20(14-17-25)26(27)18-24-21-10-6-7-11-22(21)26/h3-11,20,24H,12-18H2,1-2H3. The van der Waals surface area contributed by atoms with Crippen molar-refractivity contribution in [2.45, 2.75) is 51.1 Å². The van der Waals surface area contributed by atoms with Crippen LogP contribution >= 0.6 is 0 Å². The summed E-state index contributed by atoms with van der Waals surface area (Å²) in [6.45, 7) is 7.20. The Labute approximate surface area is 163 Å². The molecule has 0 aromatic heterocycles. The van der Waals surface area contributed by atoms with Gasteiger partial charge in [-0.15, -0.1) is 0 Å². The quantitative estimate of drug-likeness (QED) is 0.614. The lowest BCUT2D eigenvalue weighted by atomic mass is 9.90. The van der Waals surface area contributed by atoms with Crippen LogP contribution in [0.3, 0.4) is 0 Å². The number of hydrogen-bond donors (Lipinski definition) is 1. The van der Waals surface area contributed by atoms with E-state index in [4.69, 9.17) is 0 Å². The van der Waals surface area contributed by atoms with E-state index in [0.29, 0.717) is 6.67 Å². The molecule has 0 spiro atoms. The summed E-state index contributed by atoms with van der Waals surface area (Å²) in [4.78, 5) is 2.59. The van der Waals surface area contributed by atoms with Gasteiger partial charge in [-0.3, -0.25) is 4.90 Å². The Morgan fingerprint density at radius 3 is 2.44 bits per heavy atom. The number of nitrogens with one attached hydrogen (secondary N) is 1. The molecule has 1 saturated heterocycles.